The second kappa shape index (κ2) is 5.55. The number of carbonyl (C=O) groups is 1. The first-order valence-corrected chi connectivity index (χ1v) is 6.51. The maximum absolute atomic E-state index is 11.9. The van der Waals surface area contributed by atoms with E-state index < -0.39 is 5.60 Å². The molecule has 0 saturated heterocycles. The number of ether oxygens (including phenoxy) is 1. The predicted molar refractivity (Wildman–Crippen MR) is 75.2 cm³/mol. The zero-order chi connectivity index (χ0) is 13.9. The summed E-state index contributed by atoms with van der Waals surface area (Å²) in [5, 5.41) is 0. The van der Waals surface area contributed by atoms with Crippen molar-refractivity contribution in [3.63, 3.8) is 0 Å². The number of hydrogen-bond acceptors (Lipinski definition) is 2. The van der Waals surface area contributed by atoms with E-state index in [1.165, 1.54) is 0 Å². The fourth-order valence-electron chi connectivity index (χ4n) is 2.18. The van der Waals surface area contributed by atoms with Crippen molar-refractivity contribution in [2.24, 2.45) is 11.8 Å². The summed E-state index contributed by atoms with van der Waals surface area (Å²) in [6.07, 6.45) is 5.62. The van der Waals surface area contributed by atoms with Crippen molar-refractivity contribution in [3.8, 4) is 0 Å². The SMILES string of the molecule is C=C[C@@]1(OC(=O)C(C)C)C[C@H](C(=C)C)CC=C1C. The van der Waals surface area contributed by atoms with Crippen LogP contribution < -0.4 is 0 Å². The average molecular weight is 248 g/mol. The molecule has 0 aromatic carbocycles. The summed E-state index contributed by atoms with van der Waals surface area (Å²) in [6, 6.07) is 0. The molecule has 0 N–H and O–H groups in total. The standard InChI is InChI=1S/C16H24O2/c1-7-16(18-15(17)12(4)5)10-14(11(2)3)9-8-13(16)6/h7-8,12,14H,1-2,9-10H2,3-6H3/t14-,16-/m1/s1. The maximum Gasteiger partial charge on any atom is 0.309 e. The minimum Gasteiger partial charge on any atom is -0.450 e. The lowest BCUT2D eigenvalue weighted by Crippen LogP contribution is -2.40. The smallest absolute Gasteiger partial charge is 0.309 e. The van der Waals surface area contributed by atoms with Gasteiger partial charge in [-0.1, -0.05) is 38.7 Å². The fraction of sp³-hybridized carbons (Fsp3) is 0.562. The van der Waals surface area contributed by atoms with Gasteiger partial charge in [0, 0.05) is 6.42 Å². The summed E-state index contributed by atoms with van der Waals surface area (Å²) >= 11 is 0. The summed E-state index contributed by atoms with van der Waals surface area (Å²) < 4.78 is 5.72. The molecule has 0 heterocycles. The second-order valence-corrected chi connectivity index (χ2v) is 5.54. The number of carbonyl (C=O) groups excluding carboxylic acids is 1. The minimum absolute atomic E-state index is 0.125. The lowest BCUT2D eigenvalue weighted by atomic mass is 9.75. The lowest BCUT2D eigenvalue weighted by molar-refractivity contribution is -0.157. The normalized spacial score (nSPS) is 27.6. The van der Waals surface area contributed by atoms with Gasteiger partial charge in [0.25, 0.3) is 0 Å². The molecular formula is C16H24O2. The third-order valence-corrected chi connectivity index (χ3v) is 3.71. The molecule has 0 bridgehead atoms. The number of rotatable bonds is 4. The molecule has 0 saturated carbocycles. The van der Waals surface area contributed by atoms with Gasteiger partial charge in [0.15, 0.2) is 5.60 Å². The van der Waals surface area contributed by atoms with Crippen molar-refractivity contribution in [2.75, 3.05) is 0 Å². The fourth-order valence-corrected chi connectivity index (χ4v) is 2.18. The van der Waals surface area contributed by atoms with Gasteiger partial charge in [-0.2, -0.15) is 0 Å². The van der Waals surface area contributed by atoms with E-state index in [2.05, 4.69) is 19.2 Å². The van der Waals surface area contributed by atoms with Crippen molar-refractivity contribution >= 4 is 5.97 Å². The Morgan fingerprint density at radius 3 is 2.67 bits per heavy atom. The molecule has 1 rings (SSSR count). The Labute approximate surface area is 110 Å². The minimum atomic E-state index is -0.650. The van der Waals surface area contributed by atoms with Crippen LogP contribution in [-0.2, 0) is 9.53 Å². The van der Waals surface area contributed by atoms with Gasteiger partial charge in [0.05, 0.1) is 5.92 Å². The van der Waals surface area contributed by atoms with Crippen LogP contribution in [0.25, 0.3) is 0 Å². The van der Waals surface area contributed by atoms with Gasteiger partial charge in [-0.3, -0.25) is 4.79 Å². The van der Waals surface area contributed by atoms with Crippen LogP contribution in [0.2, 0.25) is 0 Å². The Kier molecular flexibility index (Phi) is 4.55. The number of allylic oxidation sites excluding steroid dienone is 2. The van der Waals surface area contributed by atoms with Crippen LogP contribution in [-0.4, -0.2) is 11.6 Å². The van der Waals surface area contributed by atoms with E-state index in [4.69, 9.17) is 4.74 Å². The van der Waals surface area contributed by atoms with Gasteiger partial charge in [-0.15, -0.1) is 0 Å². The summed E-state index contributed by atoms with van der Waals surface area (Å²) in [4.78, 5) is 11.9. The van der Waals surface area contributed by atoms with Crippen LogP contribution in [0.5, 0.6) is 0 Å². The van der Waals surface area contributed by atoms with Gasteiger partial charge in [-0.25, -0.2) is 0 Å². The van der Waals surface area contributed by atoms with Gasteiger partial charge >= 0.3 is 5.97 Å². The van der Waals surface area contributed by atoms with Crippen LogP contribution in [0, 0.1) is 11.8 Å². The van der Waals surface area contributed by atoms with Crippen LogP contribution in [0.15, 0.2) is 36.5 Å². The molecule has 0 amide bonds. The van der Waals surface area contributed by atoms with E-state index >= 15 is 0 Å². The highest BCUT2D eigenvalue weighted by molar-refractivity contribution is 5.72. The number of esters is 1. The van der Waals surface area contributed by atoms with Crippen molar-refractivity contribution < 1.29 is 9.53 Å². The summed E-state index contributed by atoms with van der Waals surface area (Å²) in [7, 11) is 0. The van der Waals surface area contributed by atoms with Crippen molar-refractivity contribution in [3.05, 3.63) is 36.5 Å². The van der Waals surface area contributed by atoms with E-state index in [0.29, 0.717) is 5.92 Å². The van der Waals surface area contributed by atoms with Gasteiger partial charge < -0.3 is 4.74 Å². The molecule has 100 valence electrons. The lowest BCUT2D eigenvalue weighted by Gasteiger charge is -2.38. The Bertz CT molecular complexity index is 390. The third-order valence-electron chi connectivity index (χ3n) is 3.71. The van der Waals surface area contributed by atoms with Crippen molar-refractivity contribution in [2.45, 2.75) is 46.1 Å². The third kappa shape index (κ3) is 2.92. The van der Waals surface area contributed by atoms with Crippen LogP contribution >= 0.6 is 0 Å². The molecule has 0 unspecified atom stereocenters. The quantitative estimate of drug-likeness (QED) is 0.554. The molecule has 0 aromatic heterocycles. The molecule has 2 nitrogen and oxygen atoms in total. The highest BCUT2D eigenvalue weighted by Crippen LogP contribution is 2.39. The molecule has 0 aliphatic heterocycles. The monoisotopic (exact) mass is 248 g/mol. The Balaban J connectivity index is 3.01. The zero-order valence-corrected chi connectivity index (χ0v) is 12.0. The van der Waals surface area contributed by atoms with Gasteiger partial charge in [0.1, 0.15) is 0 Å². The maximum atomic E-state index is 11.9. The Morgan fingerprint density at radius 1 is 1.61 bits per heavy atom. The Morgan fingerprint density at radius 2 is 2.22 bits per heavy atom. The first kappa shape index (κ1) is 14.7. The average Bonchev–Trinajstić information content (AvgIpc) is 2.31. The Hall–Kier alpha value is -1.31. The van der Waals surface area contributed by atoms with Crippen LogP contribution in [0.1, 0.15) is 40.5 Å². The second-order valence-electron chi connectivity index (χ2n) is 5.54. The molecule has 2 atom stereocenters. The molecule has 2 heteroatoms. The van der Waals surface area contributed by atoms with E-state index in [9.17, 15) is 4.79 Å². The van der Waals surface area contributed by atoms with E-state index in [0.717, 1.165) is 24.0 Å². The molecule has 0 aromatic rings. The molecule has 1 aliphatic rings. The van der Waals surface area contributed by atoms with Crippen molar-refractivity contribution in [1.29, 1.82) is 0 Å². The summed E-state index contributed by atoms with van der Waals surface area (Å²) in [5.74, 6) is 0.0523. The van der Waals surface area contributed by atoms with Crippen LogP contribution in [0.4, 0.5) is 0 Å². The largest absolute Gasteiger partial charge is 0.450 e. The van der Waals surface area contributed by atoms with Crippen LogP contribution in [0.3, 0.4) is 0 Å². The topological polar surface area (TPSA) is 26.3 Å². The first-order chi connectivity index (χ1) is 8.32. The molecule has 0 fully saturated rings. The zero-order valence-electron chi connectivity index (χ0n) is 12.0. The molecule has 0 radical (unpaired) electrons. The molecule has 18 heavy (non-hydrogen) atoms. The summed E-state index contributed by atoms with van der Waals surface area (Å²) in [5.41, 5.74) is 1.55. The van der Waals surface area contributed by atoms with Gasteiger partial charge in [-0.05, 0) is 37.8 Å². The highest BCUT2D eigenvalue weighted by Gasteiger charge is 2.38. The van der Waals surface area contributed by atoms with E-state index in [1.807, 2.05) is 27.7 Å². The van der Waals surface area contributed by atoms with E-state index in [-0.39, 0.29) is 11.9 Å². The van der Waals surface area contributed by atoms with Gasteiger partial charge in [0.2, 0.25) is 0 Å². The highest BCUT2D eigenvalue weighted by atomic mass is 16.6. The molecule has 1 aliphatic carbocycles. The molecule has 0 spiro atoms. The number of hydrogen-bond donors (Lipinski definition) is 0. The predicted octanol–water partition coefficient (Wildman–Crippen LogP) is 4.04. The van der Waals surface area contributed by atoms with E-state index in [1.54, 1.807) is 6.08 Å². The summed E-state index contributed by atoms with van der Waals surface area (Å²) in [6.45, 7) is 15.6. The molecular weight excluding hydrogens is 224 g/mol. The first-order valence-electron chi connectivity index (χ1n) is 6.51. The van der Waals surface area contributed by atoms with Crippen molar-refractivity contribution in [1.82, 2.24) is 0 Å².